The van der Waals surface area contributed by atoms with Crippen molar-refractivity contribution < 1.29 is 4.74 Å². The van der Waals surface area contributed by atoms with Gasteiger partial charge in [0.05, 0.1) is 7.11 Å². The fraction of sp³-hybridized carbons (Fsp3) is 0.714. The van der Waals surface area contributed by atoms with E-state index in [0.717, 1.165) is 11.7 Å². The largest absolute Gasteiger partial charge is 0.497 e. The highest BCUT2D eigenvalue weighted by molar-refractivity contribution is 5.35. The predicted molar refractivity (Wildman–Crippen MR) is 97.2 cm³/mol. The van der Waals surface area contributed by atoms with Gasteiger partial charge in [-0.05, 0) is 62.4 Å². The number of fused-ring (bicyclic) bond motifs is 1. The van der Waals surface area contributed by atoms with Crippen molar-refractivity contribution in [2.24, 2.45) is 5.92 Å². The summed E-state index contributed by atoms with van der Waals surface area (Å²) in [4.78, 5) is 2.74. The van der Waals surface area contributed by atoms with Crippen molar-refractivity contribution in [1.29, 1.82) is 0 Å². The third-order valence-electron chi connectivity index (χ3n) is 6.28. The van der Waals surface area contributed by atoms with Gasteiger partial charge in [-0.3, -0.25) is 0 Å². The summed E-state index contributed by atoms with van der Waals surface area (Å²) < 4.78 is 5.50. The molecule has 1 heterocycles. The van der Waals surface area contributed by atoms with Crippen LogP contribution in [0.5, 0.6) is 5.75 Å². The van der Waals surface area contributed by atoms with E-state index in [0.29, 0.717) is 5.41 Å². The first-order valence-electron chi connectivity index (χ1n) is 9.65. The smallest absolute Gasteiger partial charge is 0.119 e. The van der Waals surface area contributed by atoms with Crippen LogP contribution in [0.25, 0.3) is 0 Å². The Kier molecular flexibility index (Phi) is 5.63. The zero-order chi connectivity index (χ0) is 16.1. The molecule has 1 aliphatic heterocycles. The number of piperidine rings is 1. The highest BCUT2D eigenvalue weighted by Gasteiger charge is 2.45. The monoisotopic (exact) mass is 315 g/mol. The zero-order valence-electron chi connectivity index (χ0n) is 15.0. The third-order valence-corrected chi connectivity index (χ3v) is 6.28. The molecule has 2 fully saturated rings. The van der Waals surface area contributed by atoms with Crippen LogP contribution in [0.4, 0.5) is 0 Å². The Hall–Kier alpha value is -1.02. The summed E-state index contributed by atoms with van der Waals surface area (Å²) in [6.07, 6.45) is 11.0. The van der Waals surface area contributed by atoms with E-state index < -0.39 is 0 Å². The Morgan fingerprint density at radius 3 is 2.96 bits per heavy atom. The van der Waals surface area contributed by atoms with Crippen molar-refractivity contribution in [3.63, 3.8) is 0 Å². The van der Waals surface area contributed by atoms with Crippen LogP contribution in [0.3, 0.4) is 0 Å². The van der Waals surface area contributed by atoms with Crippen molar-refractivity contribution >= 4 is 0 Å². The summed E-state index contributed by atoms with van der Waals surface area (Å²) >= 11 is 0. The lowest BCUT2D eigenvalue weighted by Crippen LogP contribution is -2.51. The molecule has 2 atom stereocenters. The molecule has 0 spiro atoms. The fourth-order valence-electron chi connectivity index (χ4n) is 4.91. The first-order valence-corrected chi connectivity index (χ1v) is 9.65. The van der Waals surface area contributed by atoms with Gasteiger partial charge in [0.25, 0.3) is 0 Å². The second kappa shape index (κ2) is 7.70. The molecule has 1 aromatic carbocycles. The maximum absolute atomic E-state index is 5.50. The zero-order valence-corrected chi connectivity index (χ0v) is 15.0. The van der Waals surface area contributed by atoms with E-state index in [4.69, 9.17) is 4.74 Å². The van der Waals surface area contributed by atoms with E-state index in [2.05, 4.69) is 36.1 Å². The number of hydrogen-bond donors (Lipinski definition) is 0. The fourth-order valence-corrected chi connectivity index (χ4v) is 4.91. The predicted octanol–water partition coefficient (Wildman–Crippen LogP) is 5.02. The maximum atomic E-state index is 5.50. The van der Waals surface area contributed by atoms with Crippen molar-refractivity contribution in [3.05, 3.63) is 29.8 Å². The molecule has 1 saturated carbocycles. The lowest BCUT2D eigenvalue weighted by Gasteiger charge is -2.51. The normalized spacial score (nSPS) is 28.3. The Morgan fingerprint density at radius 1 is 1.22 bits per heavy atom. The molecule has 0 bridgehead atoms. The van der Waals surface area contributed by atoms with E-state index in [1.165, 1.54) is 76.6 Å². The molecule has 3 rings (SSSR count). The third kappa shape index (κ3) is 3.57. The van der Waals surface area contributed by atoms with Crippen LogP contribution in [-0.4, -0.2) is 31.6 Å². The minimum atomic E-state index is 0.411. The number of hydrogen-bond acceptors (Lipinski definition) is 2. The molecule has 1 saturated heterocycles. The second-order valence-corrected chi connectivity index (χ2v) is 7.59. The van der Waals surface area contributed by atoms with Crippen molar-refractivity contribution in [2.45, 2.75) is 63.7 Å². The number of ether oxygens (including phenoxy) is 1. The maximum Gasteiger partial charge on any atom is 0.119 e. The Bertz CT molecular complexity index is 500. The first kappa shape index (κ1) is 16.8. The van der Waals surface area contributed by atoms with Crippen LogP contribution in [0.2, 0.25) is 0 Å². The van der Waals surface area contributed by atoms with Crippen molar-refractivity contribution in [3.8, 4) is 5.75 Å². The molecule has 1 aromatic rings. The average molecular weight is 316 g/mol. The molecule has 0 aromatic heterocycles. The van der Waals surface area contributed by atoms with Crippen LogP contribution >= 0.6 is 0 Å². The van der Waals surface area contributed by atoms with E-state index in [1.807, 2.05) is 0 Å². The number of nitrogens with zero attached hydrogens (tertiary/aromatic N) is 1. The Balaban J connectivity index is 1.76. The minimum Gasteiger partial charge on any atom is -0.497 e. The molecule has 2 heteroatoms. The summed E-state index contributed by atoms with van der Waals surface area (Å²) in [5.74, 6) is 1.85. The van der Waals surface area contributed by atoms with E-state index >= 15 is 0 Å². The Labute approximate surface area is 142 Å². The van der Waals surface area contributed by atoms with Gasteiger partial charge in [0, 0.05) is 12.0 Å². The van der Waals surface area contributed by atoms with Gasteiger partial charge in [0.2, 0.25) is 0 Å². The van der Waals surface area contributed by atoms with Crippen LogP contribution in [-0.2, 0) is 5.41 Å². The molecular weight excluding hydrogens is 282 g/mol. The summed E-state index contributed by atoms with van der Waals surface area (Å²) in [5, 5.41) is 0. The van der Waals surface area contributed by atoms with E-state index in [1.54, 1.807) is 7.11 Å². The summed E-state index contributed by atoms with van der Waals surface area (Å²) in [5.41, 5.74) is 1.95. The number of unbranched alkanes of at least 4 members (excludes halogenated alkanes) is 2. The molecule has 0 amide bonds. The molecule has 1 aliphatic carbocycles. The SMILES string of the molecule is CCCCCN1CCC2(c3cccc(OC)c3)CCCCC2C1. The van der Waals surface area contributed by atoms with Crippen LogP contribution in [0, 0.1) is 5.92 Å². The van der Waals surface area contributed by atoms with Gasteiger partial charge < -0.3 is 9.64 Å². The van der Waals surface area contributed by atoms with Crippen LogP contribution < -0.4 is 4.74 Å². The molecular formula is C21H33NO. The van der Waals surface area contributed by atoms with Gasteiger partial charge in [-0.2, -0.15) is 0 Å². The summed E-state index contributed by atoms with van der Waals surface area (Å²) in [7, 11) is 1.78. The van der Waals surface area contributed by atoms with Gasteiger partial charge in [-0.15, -0.1) is 0 Å². The van der Waals surface area contributed by atoms with Crippen molar-refractivity contribution in [2.75, 3.05) is 26.7 Å². The summed E-state index contributed by atoms with van der Waals surface area (Å²) in [6, 6.07) is 8.93. The van der Waals surface area contributed by atoms with Gasteiger partial charge in [-0.25, -0.2) is 0 Å². The molecule has 23 heavy (non-hydrogen) atoms. The first-order chi connectivity index (χ1) is 11.3. The van der Waals surface area contributed by atoms with Gasteiger partial charge in [0.15, 0.2) is 0 Å². The Morgan fingerprint density at radius 2 is 2.13 bits per heavy atom. The van der Waals surface area contributed by atoms with Gasteiger partial charge in [-0.1, -0.05) is 44.7 Å². The molecule has 0 N–H and O–H groups in total. The highest BCUT2D eigenvalue weighted by Crippen LogP contribution is 2.49. The van der Waals surface area contributed by atoms with Gasteiger partial charge >= 0.3 is 0 Å². The quantitative estimate of drug-likeness (QED) is 0.683. The van der Waals surface area contributed by atoms with E-state index in [-0.39, 0.29) is 0 Å². The molecule has 2 nitrogen and oxygen atoms in total. The molecule has 128 valence electrons. The minimum absolute atomic E-state index is 0.411. The van der Waals surface area contributed by atoms with Crippen molar-refractivity contribution in [1.82, 2.24) is 4.90 Å². The molecule has 2 aliphatic rings. The topological polar surface area (TPSA) is 12.5 Å². The lowest BCUT2D eigenvalue weighted by molar-refractivity contribution is 0.0553. The number of benzene rings is 1. The van der Waals surface area contributed by atoms with Crippen LogP contribution in [0.15, 0.2) is 24.3 Å². The standard InChI is InChI=1S/C21H33NO/c1-3-4-7-14-22-15-13-21(12-6-5-9-19(21)17-22)18-10-8-11-20(16-18)23-2/h8,10-11,16,19H,3-7,9,12-15,17H2,1-2H3. The molecule has 2 unspecified atom stereocenters. The summed E-state index contributed by atoms with van der Waals surface area (Å²) in [6.45, 7) is 6.18. The average Bonchev–Trinajstić information content (AvgIpc) is 2.62. The van der Waals surface area contributed by atoms with Crippen LogP contribution in [0.1, 0.15) is 63.9 Å². The molecule has 0 radical (unpaired) electrons. The second-order valence-electron chi connectivity index (χ2n) is 7.59. The lowest BCUT2D eigenvalue weighted by atomic mass is 9.59. The highest BCUT2D eigenvalue weighted by atomic mass is 16.5. The van der Waals surface area contributed by atoms with Gasteiger partial charge in [0.1, 0.15) is 5.75 Å². The number of rotatable bonds is 6. The number of likely N-dealkylation sites (tertiary alicyclic amines) is 1. The number of methoxy groups -OCH3 is 1. The van der Waals surface area contributed by atoms with E-state index in [9.17, 15) is 0 Å².